The molecule has 1 amide bonds. The molecule has 0 aliphatic heterocycles. The van der Waals surface area contributed by atoms with Crippen LogP contribution in [-0.4, -0.2) is 45.4 Å². The SMILES string of the molecule is O=C(NCCC1(O)CCCC1)c1ccncc1.O=C(O)C(F)(F)F. The molecule has 6 nitrogen and oxygen atoms in total. The minimum atomic E-state index is -5.08. The van der Waals surface area contributed by atoms with E-state index in [4.69, 9.17) is 9.90 Å². The number of nitrogens with one attached hydrogen (secondary N) is 1. The van der Waals surface area contributed by atoms with Crippen molar-refractivity contribution in [3.8, 4) is 0 Å². The van der Waals surface area contributed by atoms with E-state index in [0.717, 1.165) is 25.7 Å². The van der Waals surface area contributed by atoms with Crippen LogP contribution in [0.3, 0.4) is 0 Å². The lowest BCUT2D eigenvalue weighted by Crippen LogP contribution is -2.32. The van der Waals surface area contributed by atoms with Gasteiger partial charge in [0.2, 0.25) is 0 Å². The molecule has 0 saturated heterocycles. The van der Waals surface area contributed by atoms with E-state index in [1.807, 2.05) is 0 Å². The monoisotopic (exact) mass is 348 g/mol. The number of rotatable bonds is 4. The number of hydrogen-bond acceptors (Lipinski definition) is 4. The number of halogens is 3. The number of amides is 1. The van der Waals surface area contributed by atoms with Gasteiger partial charge >= 0.3 is 12.1 Å². The summed E-state index contributed by atoms with van der Waals surface area (Å²) in [6, 6.07) is 3.36. The van der Waals surface area contributed by atoms with E-state index < -0.39 is 17.7 Å². The van der Waals surface area contributed by atoms with Crippen LogP contribution < -0.4 is 5.32 Å². The lowest BCUT2D eigenvalue weighted by molar-refractivity contribution is -0.192. The van der Waals surface area contributed by atoms with Crippen LogP contribution in [0.4, 0.5) is 13.2 Å². The van der Waals surface area contributed by atoms with E-state index in [2.05, 4.69) is 10.3 Å². The number of aliphatic carboxylic acids is 1. The minimum Gasteiger partial charge on any atom is -0.475 e. The fourth-order valence-electron chi connectivity index (χ4n) is 2.30. The number of pyridine rings is 1. The third-order valence-corrected chi connectivity index (χ3v) is 3.60. The van der Waals surface area contributed by atoms with E-state index in [1.54, 1.807) is 24.5 Å². The largest absolute Gasteiger partial charge is 0.490 e. The first-order chi connectivity index (χ1) is 11.1. The van der Waals surface area contributed by atoms with Crippen molar-refractivity contribution in [2.45, 2.75) is 43.9 Å². The van der Waals surface area contributed by atoms with Crippen LogP contribution >= 0.6 is 0 Å². The van der Waals surface area contributed by atoms with Crippen molar-refractivity contribution in [1.82, 2.24) is 10.3 Å². The van der Waals surface area contributed by atoms with Gasteiger partial charge < -0.3 is 15.5 Å². The summed E-state index contributed by atoms with van der Waals surface area (Å²) in [4.78, 5) is 24.5. The number of carbonyl (C=O) groups excluding carboxylic acids is 1. The number of carboxylic acids is 1. The molecular weight excluding hydrogens is 329 g/mol. The number of aliphatic hydroxyl groups is 1. The first-order valence-electron chi connectivity index (χ1n) is 7.35. The summed E-state index contributed by atoms with van der Waals surface area (Å²) in [6.07, 6.45) is 2.66. The van der Waals surface area contributed by atoms with Gasteiger partial charge in [-0.1, -0.05) is 12.8 Å². The number of alkyl halides is 3. The molecule has 0 bridgehead atoms. The van der Waals surface area contributed by atoms with Crippen molar-refractivity contribution in [2.75, 3.05) is 6.54 Å². The van der Waals surface area contributed by atoms with Crippen LogP contribution in [0.2, 0.25) is 0 Å². The lowest BCUT2D eigenvalue weighted by atomic mass is 9.98. The zero-order chi connectivity index (χ0) is 18.2. The normalized spacial score (nSPS) is 16.0. The highest BCUT2D eigenvalue weighted by Gasteiger charge is 2.38. The fourth-order valence-corrected chi connectivity index (χ4v) is 2.30. The highest BCUT2D eigenvalue weighted by atomic mass is 19.4. The van der Waals surface area contributed by atoms with Crippen molar-refractivity contribution in [3.63, 3.8) is 0 Å². The van der Waals surface area contributed by atoms with E-state index in [1.165, 1.54) is 0 Å². The number of nitrogens with zero attached hydrogens (tertiary/aromatic N) is 1. The van der Waals surface area contributed by atoms with Gasteiger partial charge in [0.15, 0.2) is 0 Å². The Balaban J connectivity index is 0.000000351. The highest BCUT2D eigenvalue weighted by Crippen LogP contribution is 2.31. The second-order valence-corrected chi connectivity index (χ2v) is 5.48. The average Bonchev–Trinajstić information content (AvgIpc) is 2.94. The first kappa shape index (κ1) is 19.9. The Morgan fingerprint density at radius 1 is 1.21 bits per heavy atom. The van der Waals surface area contributed by atoms with E-state index >= 15 is 0 Å². The van der Waals surface area contributed by atoms with Crippen molar-refractivity contribution in [2.24, 2.45) is 0 Å². The molecule has 134 valence electrons. The van der Waals surface area contributed by atoms with Gasteiger partial charge in [0.05, 0.1) is 5.60 Å². The zero-order valence-electron chi connectivity index (χ0n) is 12.8. The molecule has 0 atom stereocenters. The molecule has 1 aromatic heterocycles. The molecule has 0 spiro atoms. The lowest BCUT2D eigenvalue weighted by Gasteiger charge is -2.21. The van der Waals surface area contributed by atoms with E-state index in [-0.39, 0.29) is 5.91 Å². The minimum absolute atomic E-state index is 0.103. The summed E-state index contributed by atoms with van der Waals surface area (Å²) in [7, 11) is 0. The standard InChI is InChI=1S/C13H18N2O2.C2HF3O2/c16-12(11-3-8-14-9-4-11)15-10-7-13(17)5-1-2-6-13;3-2(4,5)1(6)7/h3-4,8-9,17H,1-2,5-7,10H2,(H,15,16);(H,6,7). The van der Waals surface area contributed by atoms with E-state index in [9.17, 15) is 23.1 Å². The number of carbonyl (C=O) groups is 2. The quantitative estimate of drug-likeness (QED) is 0.774. The Kier molecular flexibility index (Phi) is 7.15. The summed E-state index contributed by atoms with van der Waals surface area (Å²) in [5.41, 5.74) is 0.0596. The molecule has 1 aliphatic carbocycles. The first-order valence-corrected chi connectivity index (χ1v) is 7.35. The topological polar surface area (TPSA) is 99.5 Å². The number of carboxylic acid groups (broad SMARTS) is 1. The summed E-state index contributed by atoms with van der Waals surface area (Å²) < 4.78 is 31.7. The van der Waals surface area contributed by atoms with Gasteiger partial charge in [0.25, 0.3) is 5.91 Å². The Labute approximate surface area is 136 Å². The second kappa shape index (κ2) is 8.62. The van der Waals surface area contributed by atoms with Crippen LogP contribution in [0.25, 0.3) is 0 Å². The molecule has 24 heavy (non-hydrogen) atoms. The van der Waals surface area contributed by atoms with Gasteiger partial charge in [-0.2, -0.15) is 13.2 Å². The number of hydrogen-bond donors (Lipinski definition) is 3. The summed E-state index contributed by atoms with van der Waals surface area (Å²) in [5.74, 6) is -2.86. The molecule has 3 N–H and O–H groups in total. The summed E-state index contributed by atoms with van der Waals surface area (Å²) >= 11 is 0. The van der Waals surface area contributed by atoms with Crippen LogP contribution in [-0.2, 0) is 4.79 Å². The van der Waals surface area contributed by atoms with Crippen molar-refractivity contribution >= 4 is 11.9 Å². The van der Waals surface area contributed by atoms with E-state index in [0.29, 0.717) is 18.5 Å². The molecule has 0 unspecified atom stereocenters. The maximum Gasteiger partial charge on any atom is 0.490 e. The summed E-state index contributed by atoms with van der Waals surface area (Å²) in [5, 5.41) is 20.1. The molecule has 0 aromatic carbocycles. The number of aromatic nitrogens is 1. The van der Waals surface area contributed by atoms with Crippen LogP contribution in [0, 0.1) is 0 Å². The third-order valence-electron chi connectivity index (χ3n) is 3.60. The molecule has 1 saturated carbocycles. The van der Waals surface area contributed by atoms with Crippen LogP contribution in [0.5, 0.6) is 0 Å². The predicted molar refractivity (Wildman–Crippen MR) is 78.3 cm³/mol. The molecule has 1 heterocycles. The fraction of sp³-hybridized carbons (Fsp3) is 0.533. The van der Waals surface area contributed by atoms with Crippen molar-refractivity contribution in [1.29, 1.82) is 0 Å². The summed E-state index contributed by atoms with van der Waals surface area (Å²) in [6.45, 7) is 0.525. The molecule has 1 aliphatic rings. The van der Waals surface area contributed by atoms with Gasteiger partial charge in [0, 0.05) is 24.5 Å². The van der Waals surface area contributed by atoms with Crippen molar-refractivity contribution < 1.29 is 33.0 Å². The zero-order valence-corrected chi connectivity index (χ0v) is 12.8. The third kappa shape index (κ3) is 6.95. The van der Waals surface area contributed by atoms with Gasteiger partial charge in [-0.05, 0) is 31.4 Å². The Morgan fingerprint density at radius 2 is 1.71 bits per heavy atom. The highest BCUT2D eigenvalue weighted by molar-refractivity contribution is 5.93. The molecule has 2 rings (SSSR count). The van der Waals surface area contributed by atoms with Crippen LogP contribution in [0.15, 0.2) is 24.5 Å². The Morgan fingerprint density at radius 3 is 2.17 bits per heavy atom. The van der Waals surface area contributed by atoms with Crippen LogP contribution in [0.1, 0.15) is 42.5 Å². The molecule has 9 heteroatoms. The molecule has 1 fully saturated rings. The van der Waals surface area contributed by atoms with Gasteiger partial charge in [0.1, 0.15) is 0 Å². The maximum atomic E-state index is 11.7. The van der Waals surface area contributed by atoms with Gasteiger partial charge in [-0.25, -0.2) is 4.79 Å². The average molecular weight is 348 g/mol. The molecule has 0 radical (unpaired) electrons. The predicted octanol–water partition coefficient (Wildman–Crippen LogP) is 2.14. The van der Waals surface area contributed by atoms with Crippen molar-refractivity contribution in [3.05, 3.63) is 30.1 Å². The van der Waals surface area contributed by atoms with Gasteiger partial charge in [-0.15, -0.1) is 0 Å². The molecular formula is C15H19F3N2O4. The molecule has 1 aromatic rings. The van der Waals surface area contributed by atoms with Gasteiger partial charge in [-0.3, -0.25) is 9.78 Å². The second-order valence-electron chi connectivity index (χ2n) is 5.48. The maximum absolute atomic E-state index is 11.7. The Bertz CT molecular complexity index is 543. The smallest absolute Gasteiger partial charge is 0.475 e. The Hall–Kier alpha value is -2.16.